The van der Waals surface area contributed by atoms with Crippen molar-refractivity contribution in [3.63, 3.8) is 0 Å². The van der Waals surface area contributed by atoms with Crippen molar-refractivity contribution in [1.82, 2.24) is 5.32 Å². The zero-order valence-corrected chi connectivity index (χ0v) is 10.9. The molecule has 0 heterocycles. The van der Waals surface area contributed by atoms with Crippen LogP contribution in [0, 0.1) is 5.92 Å². The van der Waals surface area contributed by atoms with E-state index in [0.29, 0.717) is 19.4 Å². The molecule has 3 heteroatoms. The first-order valence-electron chi connectivity index (χ1n) is 7.20. The van der Waals surface area contributed by atoms with Crippen LogP contribution in [0.5, 0.6) is 0 Å². The van der Waals surface area contributed by atoms with Crippen LogP contribution in [0.2, 0.25) is 0 Å². The SMILES string of the molecule is O=C(CCCCC1CCCCC1)NCCCO. The maximum absolute atomic E-state index is 11.4. The van der Waals surface area contributed by atoms with Crippen molar-refractivity contribution in [2.45, 2.75) is 64.2 Å². The van der Waals surface area contributed by atoms with Gasteiger partial charge < -0.3 is 10.4 Å². The van der Waals surface area contributed by atoms with Crippen LogP contribution in [0.15, 0.2) is 0 Å². The van der Waals surface area contributed by atoms with Crippen LogP contribution in [-0.2, 0) is 4.79 Å². The number of nitrogens with one attached hydrogen (secondary N) is 1. The summed E-state index contributed by atoms with van der Waals surface area (Å²) in [7, 11) is 0. The van der Waals surface area contributed by atoms with Gasteiger partial charge in [-0.1, -0.05) is 44.9 Å². The summed E-state index contributed by atoms with van der Waals surface area (Å²) in [5, 5.41) is 11.4. The molecule has 0 spiro atoms. The number of amides is 1. The Balaban J connectivity index is 1.90. The number of aliphatic hydroxyl groups excluding tert-OH is 1. The first-order valence-corrected chi connectivity index (χ1v) is 7.20. The molecule has 1 rings (SSSR count). The van der Waals surface area contributed by atoms with Crippen LogP contribution in [0.25, 0.3) is 0 Å². The Bertz CT molecular complexity index is 200. The molecule has 100 valence electrons. The predicted octanol–water partition coefficient (Wildman–Crippen LogP) is 2.63. The maximum Gasteiger partial charge on any atom is 0.219 e. The van der Waals surface area contributed by atoms with E-state index in [9.17, 15) is 4.79 Å². The molecule has 1 amide bonds. The smallest absolute Gasteiger partial charge is 0.219 e. The van der Waals surface area contributed by atoms with Gasteiger partial charge in [-0.2, -0.15) is 0 Å². The van der Waals surface area contributed by atoms with Crippen LogP contribution in [-0.4, -0.2) is 24.2 Å². The Morgan fingerprint density at radius 3 is 2.59 bits per heavy atom. The molecule has 17 heavy (non-hydrogen) atoms. The van der Waals surface area contributed by atoms with Crippen molar-refractivity contribution in [2.75, 3.05) is 13.2 Å². The summed E-state index contributed by atoms with van der Waals surface area (Å²) in [6.45, 7) is 0.764. The van der Waals surface area contributed by atoms with Gasteiger partial charge in [-0.25, -0.2) is 0 Å². The standard InChI is InChI=1S/C14H27NO2/c16-12-6-11-15-14(17)10-5-4-9-13-7-2-1-3-8-13/h13,16H,1-12H2,(H,15,17). The van der Waals surface area contributed by atoms with E-state index in [1.165, 1.54) is 44.9 Å². The first-order chi connectivity index (χ1) is 8.33. The van der Waals surface area contributed by atoms with Crippen molar-refractivity contribution < 1.29 is 9.90 Å². The largest absolute Gasteiger partial charge is 0.396 e. The Labute approximate surface area is 105 Å². The molecule has 1 aliphatic carbocycles. The van der Waals surface area contributed by atoms with E-state index in [-0.39, 0.29) is 12.5 Å². The van der Waals surface area contributed by atoms with E-state index >= 15 is 0 Å². The van der Waals surface area contributed by atoms with Gasteiger partial charge in [-0.15, -0.1) is 0 Å². The van der Waals surface area contributed by atoms with Gasteiger partial charge in [0.05, 0.1) is 0 Å². The minimum Gasteiger partial charge on any atom is -0.396 e. The highest BCUT2D eigenvalue weighted by molar-refractivity contribution is 5.75. The van der Waals surface area contributed by atoms with E-state index in [4.69, 9.17) is 5.11 Å². The molecule has 1 saturated carbocycles. The third-order valence-electron chi connectivity index (χ3n) is 3.65. The second-order valence-corrected chi connectivity index (χ2v) is 5.18. The fourth-order valence-electron chi connectivity index (χ4n) is 2.59. The van der Waals surface area contributed by atoms with E-state index in [1.54, 1.807) is 0 Å². The van der Waals surface area contributed by atoms with Crippen molar-refractivity contribution in [1.29, 1.82) is 0 Å². The van der Waals surface area contributed by atoms with Crippen molar-refractivity contribution in [3.8, 4) is 0 Å². The molecular formula is C14H27NO2. The number of unbranched alkanes of at least 4 members (excludes halogenated alkanes) is 1. The van der Waals surface area contributed by atoms with Crippen molar-refractivity contribution in [3.05, 3.63) is 0 Å². The predicted molar refractivity (Wildman–Crippen MR) is 69.8 cm³/mol. The van der Waals surface area contributed by atoms with Gasteiger partial charge in [-0.3, -0.25) is 4.79 Å². The fraction of sp³-hybridized carbons (Fsp3) is 0.929. The number of hydrogen-bond donors (Lipinski definition) is 2. The lowest BCUT2D eigenvalue weighted by Crippen LogP contribution is -2.24. The molecule has 0 aromatic heterocycles. The molecule has 0 radical (unpaired) electrons. The molecule has 0 unspecified atom stereocenters. The van der Waals surface area contributed by atoms with Gasteiger partial charge in [0.1, 0.15) is 0 Å². The summed E-state index contributed by atoms with van der Waals surface area (Å²) >= 11 is 0. The molecule has 3 nitrogen and oxygen atoms in total. The van der Waals surface area contributed by atoms with Crippen LogP contribution in [0.4, 0.5) is 0 Å². The zero-order chi connectivity index (χ0) is 12.3. The van der Waals surface area contributed by atoms with Crippen LogP contribution < -0.4 is 5.32 Å². The third kappa shape index (κ3) is 7.37. The molecule has 1 aliphatic rings. The molecule has 0 aromatic carbocycles. The van der Waals surface area contributed by atoms with Crippen LogP contribution >= 0.6 is 0 Å². The average molecular weight is 241 g/mol. The number of hydrogen-bond acceptors (Lipinski definition) is 2. The average Bonchev–Trinajstić information content (AvgIpc) is 2.36. The first kappa shape index (κ1) is 14.5. The summed E-state index contributed by atoms with van der Waals surface area (Å²) in [6, 6.07) is 0. The third-order valence-corrected chi connectivity index (χ3v) is 3.65. The van der Waals surface area contributed by atoms with Gasteiger partial charge in [0, 0.05) is 19.6 Å². The zero-order valence-electron chi connectivity index (χ0n) is 10.9. The van der Waals surface area contributed by atoms with Crippen molar-refractivity contribution >= 4 is 5.91 Å². The lowest BCUT2D eigenvalue weighted by molar-refractivity contribution is -0.121. The lowest BCUT2D eigenvalue weighted by Gasteiger charge is -2.21. The highest BCUT2D eigenvalue weighted by Gasteiger charge is 2.12. The normalized spacial score (nSPS) is 17.0. The van der Waals surface area contributed by atoms with E-state index in [0.717, 1.165) is 12.3 Å². The lowest BCUT2D eigenvalue weighted by atomic mass is 9.85. The van der Waals surface area contributed by atoms with Crippen molar-refractivity contribution in [2.24, 2.45) is 5.92 Å². The molecule has 0 aliphatic heterocycles. The van der Waals surface area contributed by atoms with E-state index in [2.05, 4.69) is 5.32 Å². The summed E-state index contributed by atoms with van der Waals surface area (Å²) < 4.78 is 0. The monoisotopic (exact) mass is 241 g/mol. The second kappa shape index (κ2) is 9.46. The number of rotatable bonds is 8. The maximum atomic E-state index is 11.4. The second-order valence-electron chi connectivity index (χ2n) is 5.18. The number of carbonyl (C=O) groups excluding carboxylic acids is 1. The minimum atomic E-state index is 0.141. The van der Waals surface area contributed by atoms with E-state index in [1.807, 2.05) is 0 Å². The van der Waals surface area contributed by atoms with E-state index < -0.39 is 0 Å². The fourth-order valence-corrected chi connectivity index (χ4v) is 2.59. The molecule has 2 N–H and O–H groups in total. The summed E-state index contributed by atoms with van der Waals surface area (Å²) in [5.41, 5.74) is 0. The Morgan fingerprint density at radius 2 is 1.88 bits per heavy atom. The minimum absolute atomic E-state index is 0.141. The summed E-state index contributed by atoms with van der Waals surface area (Å²) in [4.78, 5) is 11.4. The summed E-state index contributed by atoms with van der Waals surface area (Å²) in [6.07, 6.45) is 11.9. The van der Waals surface area contributed by atoms with Gasteiger partial charge in [0.2, 0.25) is 5.91 Å². The Kier molecular flexibility index (Phi) is 8.06. The molecular weight excluding hydrogens is 214 g/mol. The van der Waals surface area contributed by atoms with Crippen LogP contribution in [0.3, 0.4) is 0 Å². The Hall–Kier alpha value is -0.570. The molecule has 0 aromatic rings. The molecule has 1 fully saturated rings. The van der Waals surface area contributed by atoms with Gasteiger partial charge in [0.25, 0.3) is 0 Å². The number of carbonyl (C=O) groups is 1. The van der Waals surface area contributed by atoms with Gasteiger partial charge >= 0.3 is 0 Å². The summed E-state index contributed by atoms with van der Waals surface area (Å²) in [5.74, 6) is 1.07. The topological polar surface area (TPSA) is 49.3 Å². The molecule has 0 saturated heterocycles. The quantitative estimate of drug-likeness (QED) is 0.642. The van der Waals surface area contributed by atoms with Gasteiger partial charge in [-0.05, 0) is 18.8 Å². The number of aliphatic hydroxyl groups is 1. The Morgan fingerprint density at radius 1 is 1.12 bits per heavy atom. The molecule has 0 atom stereocenters. The van der Waals surface area contributed by atoms with Gasteiger partial charge in [0.15, 0.2) is 0 Å². The highest BCUT2D eigenvalue weighted by atomic mass is 16.3. The van der Waals surface area contributed by atoms with Crippen LogP contribution in [0.1, 0.15) is 64.2 Å². The highest BCUT2D eigenvalue weighted by Crippen LogP contribution is 2.27. The molecule has 0 bridgehead atoms.